The summed E-state index contributed by atoms with van der Waals surface area (Å²) in [6.45, 7) is 2.42. The lowest BCUT2D eigenvalue weighted by Crippen LogP contribution is -2.04. The van der Waals surface area contributed by atoms with Gasteiger partial charge in [0.15, 0.2) is 11.5 Å². The molecule has 1 aromatic heterocycles. The summed E-state index contributed by atoms with van der Waals surface area (Å²) in [6, 6.07) is 5.61. The molecular formula is C15H19BrN2O3. The van der Waals surface area contributed by atoms with Crippen LogP contribution in [0.2, 0.25) is 0 Å². The highest BCUT2D eigenvalue weighted by molar-refractivity contribution is 9.10. The van der Waals surface area contributed by atoms with Gasteiger partial charge in [-0.2, -0.15) is 5.10 Å². The summed E-state index contributed by atoms with van der Waals surface area (Å²) in [4.78, 5) is 0. The van der Waals surface area contributed by atoms with Crippen LogP contribution in [0, 0.1) is 0 Å². The van der Waals surface area contributed by atoms with Crippen molar-refractivity contribution in [2.75, 3.05) is 7.11 Å². The van der Waals surface area contributed by atoms with Gasteiger partial charge in [-0.05, 0) is 46.1 Å². The smallest absolute Gasteiger partial charge is 0.175 e. The van der Waals surface area contributed by atoms with Gasteiger partial charge < -0.3 is 14.6 Å². The summed E-state index contributed by atoms with van der Waals surface area (Å²) in [5.74, 6) is 1.21. The predicted molar refractivity (Wildman–Crippen MR) is 83.5 cm³/mol. The highest BCUT2D eigenvalue weighted by atomic mass is 79.9. The molecule has 5 nitrogen and oxygen atoms in total. The number of ether oxygens (including phenoxy) is 2. The van der Waals surface area contributed by atoms with E-state index in [2.05, 4.69) is 28.0 Å². The van der Waals surface area contributed by atoms with Crippen LogP contribution in [0.4, 0.5) is 0 Å². The van der Waals surface area contributed by atoms with E-state index < -0.39 is 0 Å². The summed E-state index contributed by atoms with van der Waals surface area (Å²) >= 11 is 3.45. The first-order valence-corrected chi connectivity index (χ1v) is 7.50. The van der Waals surface area contributed by atoms with Gasteiger partial charge in [-0.1, -0.05) is 6.92 Å². The zero-order valence-electron chi connectivity index (χ0n) is 12.4. The van der Waals surface area contributed by atoms with Gasteiger partial charge in [0.1, 0.15) is 6.61 Å². The standard InChI is InChI=1S/C15H19BrN2O3/c1-4-11-7-12(18(2)17-11)9-21-15-13(16)5-10(8-19)6-14(15)20-3/h5-7,19H,4,8-9H2,1-3H3. The van der Waals surface area contributed by atoms with Crippen LogP contribution >= 0.6 is 15.9 Å². The monoisotopic (exact) mass is 354 g/mol. The number of benzene rings is 1. The number of nitrogens with zero attached hydrogens (tertiary/aromatic N) is 2. The SMILES string of the molecule is CCc1cc(COc2c(Br)cc(CO)cc2OC)n(C)n1. The Morgan fingerprint density at radius 1 is 1.33 bits per heavy atom. The van der Waals surface area contributed by atoms with Crippen LogP contribution in [0.3, 0.4) is 0 Å². The van der Waals surface area contributed by atoms with Gasteiger partial charge in [0, 0.05) is 7.05 Å². The highest BCUT2D eigenvalue weighted by Gasteiger charge is 2.13. The molecule has 0 radical (unpaired) electrons. The molecule has 0 amide bonds. The Labute approximate surface area is 132 Å². The molecule has 0 unspecified atom stereocenters. The number of hydrogen-bond acceptors (Lipinski definition) is 4. The normalized spacial score (nSPS) is 10.7. The van der Waals surface area contributed by atoms with Crippen LogP contribution in [-0.2, 0) is 26.7 Å². The van der Waals surface area contributed by atoms with Gasteiger partial charge in [-0.3, -0.25) is 4.68 Å². The quantitative estimate of drug-likeness (QED) is 0.866. The zero-order valence-corrected chi connectivity index (χ0v) is 14.0. The fraction of sp³-hybridized carbons (Fsp3) is 0.400. The van der Waals surface area contributed by atoms with Gasteiger partial charge in [-0.25, -0.2) is 0 Å². The number of aromatic nitrogens is 2. The molecule has 2 rings (SSSR count). The lowest BCUT2D eigenvalue weighted by Gasteiger charge is -2.14. The lowest BCUT2D eigenvalue weighted by atomic mass is 10.2. The lowest BCUT2D eigenvalue weighted by molar-refractivity contribution is 0.268. The molecule has 0 atom stereocenters. The highest BCUT2D eigenvalue weighted by Crippen LogP contribution is 2.37. The van der Waals surface area contributed by atoms with Crippen molar-refractivity contribution in [1.29, 1.82) is 0 Å². The second-order valence-corrected chi connectivity index (χ2v) is 5.51. The van der Waals surface area contributed by atoms with E-state index in [0.29, 0.717) is 18.1 Å². The molecule has 114 valence electrons. The van der Waals surface area contributed by atoms with Crippen LogP contribution in [-0.4, -0.2) is 22.0 Å². The Morgan fingerprint density at radius 3 is 2.67 bits per heavy atom. The second-order valence-electron chi connectivity index (χ2n) is 4.66. The molecule has 1 heterocycles. The molecule has 0 bridgehead atoms. The molecule has 1 N–H and O–H groups in total. The molecule has 2 aromatic rings. The topological polar surface area (TPSA) is 56.5 Å². The minimum absolute atomic E-state index is 0.0448. The molecule has 0 aliphatic carbocycles. The van der Waals surface area contributed by atoms with E-state index in [0.717, 1.165) is 27.8 Å². The van der Waals surface area contributed by atoms with E-state index in [4.69, 9.17) is 9.47 Å². The molecule has 0 spiro atoms. The summed E-state index contributed by atoms with van der Waals surface area (Å²) in [5.41, 5.74) is 2.80. The molecule has 0 saturated heterocycles. The second kappa shape index (κ2) is 6.95. The molecule has 0 saturated carbocycles. The molecular weight excluding hydrogens is 336 g/mol. The third-order valence-corrected chi connectivity index (χ3v) is 3.81. The maximum atomic E-state index is 9.22. The largest absolute Gasteiger partial charge is 0.493 e. The Bertz CT molecular complexity index is 626. The van der Waals surface area contributed by atoms with Crippen LogP contribution in [0.5, 0.6) is 11.5 Å². The third kappa shape index (κ3) is 3.57. The Hall–Kier alpha value is -1.53. The van der Waals surface area contributed by atoms with Crippen LogP contribution in [0.25, 0.3) is 0 Å². The van der Waals surface area contributed by atoms with Crippen molar-refractivity contribution < 1.29 is 14.6 Å². The van der Waals surface area contributed by atoms with E-state index >= 15 is 0 Å². The van der Waals surface area contributed by atoms with E-state index in [1.165, 1.54) is 0 Å². The summed E-state index contributed by atoms with van der Waals surface area (Å²) in [5, 5.41) is 13.6. The summed E-state index contributed by atoms with van der Waals surface area (Å²) < 4.78 is 13.8. The van der Waals surface area contributed by atoms with Crippen LogP contribution in [0.1, 0.15) is 23.9 Å². The third-order valence-electron chi connectivity index (χ3n) is 3.23. The van der Waals surface area contributed by atoms with Gasteiger partial charge in [0.2, 0.25) is 0 Å². The number of aryl methyl sites for hydroxylation is 2. The average Bonchev–Trinajstić information content (AvgIpc) is 2.85. The van der Waals surface area contributed by atoms with Crippen molar-refractivity contribution in [1.82, 2.24) is 9.78 Å². The number of hydrogen-bond donors (Lipinski definition) is 1. The van der Waals surface area contributed by atoms with E-state index in [9.17, 15) is 5.11 Å². The molecule has 0 fully saturated rings. The molecule has 1 aromatic carbocycles. The van der Waals surface area contributed by atoms with E-state index in [1.807, 2.05) is 23.9 Å². The van der Waals surface area contributed by atoms with Crippen molar-refractivity contribution >= 4 is 15.9 Å². The first-order chi connectivity index (χ1) is 10.1. The molecule has 6 heteroatoms. The molecule has 0 aliphatic heterocycles. The summed E-state index contributed by atoms with van der Waals surface area (Å²) in [7, 11) is 3.48. The van der Waals surface area contributed by atoms with E-state index in [1.54, 1.807) is 13.2 Å². The van der Waals surface area contributed by atoms with Crippen molar-refractivity contribution in [2.24, 2.45) is 7.05 Å². The van der Waals surface area contributed by atoms with Crippen LogP contribution < -0.4 is 9.47 Å². The minimum Gasteiger partial charge on any atom is -0.493 e. The number of rotatable bonds is 6. The first kappa shape index (κ1) is 15.9. The first-order valence-electron chi connectivity index (χ1n) is 6.70. The maximum absolute atomic E-state index is 9.22. The Morgan fingerprint density at radius 2 is 2.10 bits per heavy atom. The van der Waals surface area contributed by atoms with Crippen molar-refractivity contribution in [3.8, 4) is 11.5 Å². The van der Waals surface area contributed by atoms with Crippen molar-refractivity contribution in [3.63, 3.8) is 0 Å². The number of halogens is 1. The minimum atomic E-state index is -0.0448. The fourth-order valence-corrected chi connectivity index (χ4v) is 2.63. The predicted octanol–water partition coefficient (Wildman–Crippen LogP) is 2.82. The number of aliphatic hydroxyl groups is 1. The maximum Gasteiger partial charge on any atom is 0.175 e. The zero-order chi connectivity index (χ0) is 15.4. The van der Waals surface area contributed by atoms with E-state index in [-0.39, 0.29) is 6.61 Å². The Kier molecular flexibility index (Phi) is 5.25. The van der Waals surface area contributed by atoms with Gasteiger partial charge in [0.25, 0.3) is 0 Å². The van der Waals surface area contributed by atoms with Gasteiger partial charge in [0.05, 0.1) is 29.6 Å². The number of methoxy groups -OCH3 is 1. The van der Waals surface area contributed by atoms with Gasteiger partial charge >= 0.3 is 0 Å². The Balaban J connectivity index is 2.21. The molecule has 0 aliphatic rings. The fourth-order valence-electron chi connectivity index (χ4n) is 2.03. The molecule has 21 heavy (non-hydrogen) atoms. The van der Waals surface area contributed by atoms with Crippen molar-refractivity contribution in [2.45, 2.75) is 26.6 Å². The van der Waals surface area contributed by atoms with Crippen molar-refractivity contribution in [3.05, 3.63) is 39.6 Å². The number of aliphatic hydroxyl groups excluding tert-OH is 1. The van der Waals surface area contributed by atoms with Gasteiger partial charge in [-0.15, -0.1) is 0 Å². The average molecular weight is 355 g/mol. The van der Waals surface area contributed by atoms with Crippen LogP contribution in [0.15, 0.2) is 22.7 Å². The summed E-state index contributed by atoms with van der Waals surface area (Å²) in [6.07, 6.45) is 0.895.